The van der Waals surface area contributed by atoms with Gasteiger partial charge in [0.25, 0.3) is 0 Å². The Morgan fingerprint density at radius 3 is 2.88 bits per heavy atom. The summed E-state index contributed by atoms with van der Waals surface area (Å²) in [5.74, 6) is 1.05. The highest BCUT2D eigenvalue weighted by Gasteiger charge is 2.27. The lowest BCUT2D eigenvalue weighted by Gasteiger charge is -2.30. The topological polar surface area (TPSA) is 84.2 Å². The van der Waals surface area contributed by atoms with Gasteiger partial charge in [0.15, 0.2) is 11.5 Å². The van der Waals surface area contributed by atoms with Crippen molar-refractivity contribution in [2.24, 2.45) is 0 Å². The average Bonchev–Trinajstić information content (AvgIpc) is 3.25. The number of piperidine rings is 1. The van der Waals surface area contributed by atoms with E-state index in [1.54, 1.807) is 0 Å². The molecule has 1 N–H and O–H groups in total. The first kappa shape index (κ1) is 16.0. The minimum absolute atomic E-state index is 0.0381. The monoisotopic (exact) mass is 357 g/mol. The Bertz CT molecular complexity index is 849. The van der Waals surface area contributed by atoms with Gasteiger partial charge in [-0.25, -0.2) is 9.78 Å². The Hall–Kier alpha value is -2.48. The Labute approximate surface area is 149 Å². The maximum absolute atomic E-state index is 12.3. The van der Waals surface area contributed by atoms with Crippen LogP contribution < -0.4 is 5.32 Å². The first-order chi connectivity index (χ1) is 12.2. The summed E-state index contributed by atoms with van der Waals surface area (Å²) < 4.78 is 9.75. The molecule has 1 aromatic carbocycles. The summed E-state index contributed by atoms with van der Waals surface area (Å²) in [5, 5.41) is 6.90. The number of fused-ring (bicyclic) bond motifs is 1. The zero-order valence-corrected chi connectivity index (χ0v) is 14.8. The van der Waals surface area contributed by atoms with Gasteiger partial charge in [0.1, 0.15) is 5.52 Å². The summed E-state index contributed by atoms with van der Waals surface area (Å²) in [6.45, 7) is 3.79. The van der Waals surface area contributed by atoms with E-state index in [4.69, 9.17) is 4.42 Å². The Morgan fingerprint density at radius 2 is 2.16 bits per heavy atom. The summed E-state index contributed by atoms with van der Waals surface area (Å²) in [4.78, 5) is 19.8. The van der Waals surface area contributed by atoms with Gasteiger partial charge in [0.2, 0.25) is 0 Å². The lowest BCUT2D eigenvalue weighted by atomic mass is 9.97. The van der Waals surface area contributed by atoms with Crippen LogP contribution in [0.4, 0.5) is 4.79 Å². The molecule has 1 aliphatic heterocycles. The van der Waals surface area contributed by atoms with Gasteiger partial charge in [-0.2, -0.15) is 0 Å². The number of amides is 2. The summed E-state index contributed by atoms with van der Waals surface area (Å²) in [6.07, 6.45) is 1.72. The van der Waals surface area contributed by atoms with Crippen LogP contribution in [0.5, 0.6) is 0 Å². The molecule has 4 rings (SSSR count). The molecule has 1 aliphatic rings. The maximum Gasteiger partial charge on any atom is 0.317 e. The normalized spacial score (nSPS) is 15.6. The van der Waals surface area contributed by atoms with Gasteiger partial charge >= 0.3 is 6.03 Å². The Balaban J connectivity index is 1.33. The van der Waals surface area contributed by atoms with E-state index in [1.807, 2.05) is 36.1 Å². The van der Waals surface area contributed by atoms with Crippen LogP contribution in [0.1, 0.15) is 35.2 Å². The highest BCUT2D eigenvalue weighted by molar-refractivity contribution is 7.05. The highest BCUT2D eigenvalue weighted by atomic mass is 32.1. The van der Waals surface area contributed by atoms with Crippen molar-refractivity contribution in [3.63, 3.8) is 0 Å². The van der Waals surface area contributed by atoms with E-state index in [2.05, 4.69) is 19.9 Å². The van der Waals surface area contributed by atoms with Crippen LogP contribution in [0.2, 0.25) is 0 Å². The van der Waals surface area contributed by atoms with Crippen molar-refractivity contribution in [1.29, 1.82) is 0 Å². The maximum atomic E-state index is 12.3. The fraction of sp³-hybridized carbons (Fsp3) is 0.412. The fourth-order valence-corrected chi connectivity index (χ4v) is 3.65. The molecule has 25 heavy (non-hydrogen) atoms. The predicted molar refractivity (Wildman–Crippen MR) is 94.4 cm³/mol. The first-order valence-electron chi connectivity index (χ1n) is 8.37. The van der Waals surface area contributed by atoms with Crippen LogP contribution in [0.3, 0.4) is 0 Å². The third-order valence-corrected chi connectivity index (χ3v) is 5.41. The van der Waals surface area contributed by atoms with E-state index in [0.29, 0.717) is 19.6 Å². The first-order valence-corrected chi connectivity index (χ1v) is 9.14. The van der Waals surface area contributed by atoms with Crippen LogP contribution in [0.25, 0.3) is 11.1 Å². The smallest absolute Gasteiger partial charge is 0.317 e. The van der Waals surface area contributed by atoms with Crippen molar-refractivity contribution in [2.45, 2.75) is 32.2 Å². The van der Waals surface area contributed by atoms with Gasteiger partial charge < -0.3 is 14.6 Å². The molecule has 8 heteroatoms. The van der Waals surface area contributed by atoms with E-state index in [-0.39, 0.29) is 11.9 Å². The standard InChI is InChI=1S/C17H19N5O2S/c1-11-15(25-21-20-11)10-18-17(23)22-8-6-12(7-9-22)16-19-13-4-2-3-5-14(13)24-16/h2-5,12H,6-10H2,1H3,(H,18,23). The number of carbonyl (C=O) groups excluding carboxylic acids is 1. The molecule has 0 saturated carbocycles. The largest absolute Gasteiger partial charge is 0.440 e. The van der Waals surface area contributed by atoms with Crippen molar-refractivity contribution in [3.8, 4) is 0 Å². The van der Waals surface area contributed by atoms with Gasteiger partial charge in [-0.3, -0.25) is 0 Å². The number of aryl methyl sites for hydroxylation is 1. The highest BCUT2D eigenvalue weighted by Crippen LogP contribution is 2.29. The number of aromatic nitrogens is 3. The molecule has 0 aliphatic carbocycles. The number of carbonyl (C=O) groups is 1. The van der Waals surface area contributed by atoms with E-state index in [1.165, 1.54) is 11.5 Å². The molecule has 2 aromatic heterocycles. The number of likely N-dealkylation sites (tertiary alicyclic amines) is 1. The minimum Gasteiger partial charge on any atom is -0.440 e. The quantitative estimate of drug-likeness (QED) is 0.779. The number of nitrogens with zero attached hydrogens (tertiary/aromatic N) is 4. The number of urea groups is 1. The minimum atomic E-state index is -0.0381. The number of rotatable bonds is 3. The van der Waals surface area contributed by atoms with Crippen LogP contribution >= 0.6 is 11.5 Å². The fourth-order valence-electron chi connectivity index (χ4n) is 3.07. The molecule has 1 fully saturated rings. The molecule has 3 heterocycles. The molecule has 1 saturated heterocycles. The molecule has 3 aromatic rings. The molecular formula is C17H19N5O2S. The Morgan fingerprint density at radius 1 is 1.36 bits per heavy atom. The molecule has 7 nitrogen and oxygen atoms in total. The second-order valence-electron chi connectivity index (χ2n) is 6.22. The van der Waals surface area contributed by atoms with Crippen LogP contribution in [0.15, 0.2) is 28.7 Å². The average molecular weight is 357 g/mol. The molecule has 0 bridgehead atoms. The zero-order valence-electron chi connectivity index (χ0n) is 13.9. The third-order valence-electron chi connectivity index (χ3n) is 4.59. The Kier molecular flexibility index (Phi) is 4.35. The molecule has 0 radical (unpaired) electrons. The van der Waals surface area contributed by atoms with Crippen molar-refractivity contribution in [2.75, 3.05) is 13.1 Å². The second-order valence-corrected chi connectivity index (χ2v) is 7.06. The molecule has 2 amide bonds. The number of nitrogens with one attached hydrogen (secondary N) is 1. The van der Waals surface area contributed by atoms with Gasteiger partial charge in [-0.05, 0) is 43.4 Å². The van der Waals surface area contributed by atoms with Gasteiger partial charge in [-0.1, -0.05) is 16.6 Å². The summed E-state index contributed by atoms with van der Waals surface area (Å²) in [6, 6.07) is 7.77. The van der Waals surface area contributed by atoms with Crippen LogP contribution in [0, 0.1) is 6.92 Å². The van der Waals surface area contributed by atoms with Crippen molar-refractivity contribution in [1.82, 2.24) is 24.8 Å². The third kappa shape index (κ3) is 3.34. The van der Waals surface area contributed by atoms with Crippen LogP contribution in [-0.4, -0.2) is 38.6 Å². The van der Waals surface area contributed by atoms with Crippen LogP contribution in [-0.2, 0) is 6.54 Å². The predicted octanol–water partition coefficient (Wildman–Crippen LogP) is 3.08. The van der Waals surface area contributed by atoms with Gasteiger partial charge in [-0.15, -0.1) is 5.10 Å². The van der Waals surface area contributed by atoms with Gasteiger partial charge in [0.05, 0.1) is 17.1 Å². The summed E-state index contributed by atoms with van der Waals surface area (Å²) in [5.41, 5.74) is 2.59. The number of hydrogen-bond acceptors (Lipinski definition) is 6. The lowest BCUT2D eigenvalue weighted by Crippen LogP contribution is -2.43. The molecule has 0 unspecified atom stereocenters. The number of oxazole rings is 1. The molecule has 0 spiro atoms. The number of benzene rings is 1. The van der Waals surface area contributed by atoms with Gasteiger partial charge in [0, 0.05) is 19.0 Å². The van der Waals surface area contributed by atoms with E-state index >= 15 is 0 Å². The molecule has 130 valence electrons. The lowest BCUT2D eigenvalue weighted by molar-refractivity contribution is 0.177. The molecule has 0 atom stereocenters. The van der Waals surface area contributed by atoms with E-state index in [9.17, 15) is 4.79 Å². The van der Waals surface area contributed by atoms with E-state index in [0.717, 1.165) is 40.4 Å². The van der Waals surface area contributed by atoms with E-state index < -0.39 is 0 Å². The zero-order chi connectivity index (χ0) is 17.2. The summed E-state index contributed by atoms with van der Waals surface area (Å²) in [7, 11) is 0. The van der Waals surface area contributed by atoms with Crippen molar-refractivity contribution < 1.29 is 9.21 Å². The SMILES string of the molecule is Cc1nnsc1CNC(=O)N1CCC(c2nc3ccccc3o2)CC1. The number of para-hydroxylation sites is 2. The van der Waals surface area contributed by atoms with Crippen molar-refractivity contribution >= 4 is 28.7 Å². The molecular weight excluding hydrogens is 338 g/mol. The second kappa shape index (κ2) is 6.79. The van der Waals surface area contributed by atoms with Crippen molar-refractivity contribution in [3.05, 3.63) is 40.7 Å². The summed E-state index contributed by atoms with van der Waals surface area (Å²) >= 11 is 1.32. The number of hydrogen-bond donors (Lipinski definition) is 1.